The van der Waals surface area contributed by atoms with E-state index in [2.05, 4.69) is 33.3 Å². The summed E-state index contributed by atoms with van der Waals surface area (Å²) in [5, 5.41) is 0.325. The molecule has 70 valence electrons. The largest absolute Gasteiger partial charge is 0.465 e. The highest BCUT2D eigenvalue weighted by atomic mass is 79.9. The van der Waals surface area contributed by atoms with E-state index in [0.717, 1.165) is 4.47 Å². The monoisotopic (exact) mass is 280 g/mol. The van der Waals surface area contributed by atoms with Gasteiger partial charge in [-0.1, -0.05) is 27.5 Å². The number of thiol groups is 1. The van der Waals surface area contributed by atoms with Gasteiger partial charge in [0.15, 0.2) is 0 Å². The van der Waals surface area contributed by atoms with Gasteiger partial charge in [-0.2, -0.15) is 0 Å². The van der Waals surface area contributed by atoms with Crippen LogP contribution in [0.15, 0.2) is 21.5 Å². The molecule has 0 aromatic heterocycles. The summed E-state index contributed by atoms with van der Waals surface area (Å²) in [6.07, 6.45) is 0. The van der Waals surface area contributed by atoms with Crippen LogP contribution in [0.5, 0.6) is 0 Å². The lowest BCUT2D eigenvalue weighted by Crippen LogP contribution is -2.03. The molecule has 0 amide bonds. The van der Waals surface area contributed by atoms with E-state index < -0.39 is 5.97 Å². The molecule has 0 atom stereocenters. The van der Waals surface area contributed by atoms with Crippen molar-refractivity contribution in [3.8, 4) is 0 Å². The van der Waals surface area contributed by atoms with Crippen LogP contribution >= 0.6 is 40.2 Å². The van der Waals surface area contributed by atoms with E-state index in [1.165, 1.54) is 7.11 Å². The van der Waals surface area contributed by atoms with Crippen LogP contribution in [-0.4, -0.2) is 13.1 Å². The summed E-state index contributed by atoms with van der Waals surface area (Å²) in [5.74, 6) is -0.484. The molecule has 0 saturated carbocycles. The summed E-state index contributed by atoms with van der Waals surface area (Å²) >= 11 is 13.2. The Hall–Kier alpha value is -0.190. The maximum Gasteiger partial charge on any atom is 0.340 e. The Labute approximate surface area is 94.8 Å². The van der Waals surface area contributed by atoms with Gasteiger partial charge in [0.2, 0.25) is 0 Å². The zero-order chi connectivity index (χ0) is 10.0. The van der Waals surface area contributed by atoms with Crippen molar-refractivity contribution in [3.63, 3.8) is 0 Å². The minimum Gasteiger partial charge on any atom is -0.465 e. The van der Waals surface area contributed by atoms with Crippen molar-refractivity contribution in [3.05, 3.63) is 27.2 Å². The highest BCUT2D eigenvalue weighted by molar-refractivity contribution is 9.10. The molecular formula is C8H6BrClO2S. The van der Waals surface area contributed by atoms with Gasteiger partial charge in [0.25, 0.3) is 0 Å². The first kappa shape index (κ1) is 10.9. The molecule has 0 saturated heterocycles. The molecule has 2 nitrogen and oxygen atoms in total. The Morgan fingerprint density at radius 3 is 2.69 bits per heavy atom. The lowest BCUT2D eigenvalue weighted by atomic mass is 10.2. The third kappa shape index (κ3) is 2.39. The van der Waals surface area contributed by atoms with E-state index in [4.69, 9.17) is 11.6 Å². The second kappa shape index (κ2) is 4.35. The van der Waals surface area contributed by atoms with Gasteiger partial charge in [0.1, 0.15) is 0 Å². The number of rotatable bonds is 1. The molecule has 1 rings (SSSR count). The maximum absolute atomic E-state index is 11.2. The van der Waals surface area contributed by atoms with Gasteiger partial charge in [-0.15, -0.1) is 12.6 Å². The van der Waals surface area contributed by atoms with Crippen LogP contribution in [0.2, 0.25) is 5.02 Å². The number of carbonyl (C=O) groups is 1. The van der Waals surface area contributed by atoms with Gasteiger partial charge in [0.05, 0.1) is 17.7 Å². The summed E-state index contributed by atoms with van der Waals surface area (Å²) in [6, 6.07) is 3.30. The predicted molar refractivity (Wildman–Crippen MR) is 57.7 cm³/mol. The SMILES string of the molecule is COC(=O)c1c(S)cc(Br)cc1Cl. The van der Waals surface area contributed by atoms with Crippen LogP contribution in [0, 0.1) is 0 Å². The molecule has 0 aliphatic rings. The normalized spacial score (nSPS) is 9.85. The minimum atomic E-state index is -0.484. The highest BCUT2D eigenvalue weighted by Gasteiger charge is 2.14. The number of hydrogen-bond acceptors (Lipinski definition) is 3. The second-order valence-electron chi connectivity index (χ2n) is 2.27. The predicted octanol–water partition coefficient (Wildman–Crippen LogP) is 3.18. The first-order valence-electron chi connectivity index (χ1n) is 3.32. The summed E-state index contributed by atoms with van der Waals surface area (Å²) < 4.78 is 5.32. The van der Waals surface area contributed by atoms with Crippen LogP contribution in [0.4, 0.5) is 0 Å². The van der Waals surface area contributed by atoms with Crippen molar-refractivity contribution in [2.75, 3.05) is 7.11 Å². The second-order valence-corrected chi connectivity index (χ2v) is 4.08. The molecule has 0 N–H and O–H groups in total. The van der Waals surface area contributed by atoms with Crippen LogP contribution in [0.1, 0.15) is 10.4 Å². The maximum atomic E-state index is 11.2. The fourth-order valence-corrected chi connectivity index (χ4v) is 2.34. The van der Waals surface area contributed by atoms with E-state index in [1.807, 2.05) is 0 Å². The first-order valence-corrected chi connectivity index (χ1v) is 4.94. The lowest BCUT2D eigenvalue weighted by molar-refractivity contribution is 0.0597. The Morgan fingerprint density at radius 2 is 2.23 bits per heavy atom. The van der Waals surface area contributed by atoms with Crippen molar-refractivity contribution < 1.29 is 9.53 Å². The molecule has 1 aromatic rings. The van der Waals surface area contributed by atoms with Crippen molar-refractivity contribution in [1.82, 2.24) is 0 Å². The van der Waals surface area contributed by atoms with Gasteiger partial charge in [0, 0.05) is 9.37 Å². The average Bonchev–Trinajstić information content (AvgIpc) is 2.02. The molecule has 0 spiro atoms. The Kier molecular flexibility index (Phi) is 3.64. The number of benzene rings is 1. The van der Waals surface area contributed by atoms with Gasteiger partial charge < -0.3 is 4.74 Å². The Bertz CT molecular complexity index is 331. The van der Waals surface area contributed by atoms with Crippen molar-refractivity contribution in [1.29, 1.82) is 0 Å². The molecule has 13 heavy (non-hydrogen) atoms. The number of carbonyl (C=O) groups excluding carboxylic acids is 1. The molecule has 1 aromatic carbocycles. The van der Waals surface area contributed by atoms with Crippen LogP contribution in [0.3, 0.4) is 0 Å². The molecule has 0 radical (unpaired) electrons. The molecular weight excluding hydrogens is 276 g/mol. The van der Waals surface area contributed by atoms with Crippen LogP contribution in [-0.2, 0) is 4.74 Å². The molecule has 0 bridgehead atoms. The number of methoxy groups -OCH3 is 1. The fraction of sp³-hybridized carbons (Fsp3) is 0.125. The van der Waals surface area contributed by atoms with Crippen molar-refractivity contribution in [2.24, 2.45) is 0 Å². The molecule has 0 heterocycles. The van der Waals surface area contributed by atoms with Crippen LogP contribution < -0.4 is 0 Å². The number of halogens is 2. The fourth-order valence-electron chi connectivity index (χ4n) is 0.864. The Morgan fingerprint density at radius 1 is 1.62 bits per heavy atom. The summed E-state index contributed by atoms with van der Waals surface area (Å²) in [6.45, 7) is 0. The third-order valence-electron chi connectivity index (χ3n) is 1.42. The number of hydrogen-bond donors (Lipinski definition) is 1. The summed E-state index contributed by atoms with van der Waals surface area (Å²) in [5.41, 5.74) is 0.288. The zero-order valence-electron chi connectivity index (χ0n) is 6.67. The third-order valence-corrected chi connectivity index (χ3v) is 2.53. The first-order chi connectivity index (χ1) is 6.06. The highest BCUT2D eigenvalue weighted by Crippen LogP contribution is 2.28. The topological polar surface area (TPSA) is 26.3 Å². The van der Waals surface area contributed by atoms with E-state index in [1.54, 1.807) is 12.1 Å². The lowest BCUT2D eigenvalue weighted by Gasteiger charge is -2.05. The van der Waals surface area contributed by atoms with Crippen molar-refractivity contribution in [2.45, 2.75) is 4.90 Å². The molecule has 0 unspecified atom stereocenters. The van der Waals surface area contributed by atoms with Crippen LogP contribution in [0.25, 0.3) is 0 Å². The molecule has 5 heteroatoms. The number of ether oxygens (including phenoxy) is 1. The van der Waals surface area contributed by atoms with Gasteiger partial charge >= 0.3 is 5.97 Å². The smallest absolute Gasteiger partial charge is 0.340 e. The van der Waals surface area contributed by atoms with E-state index in [9.17, 15) is 4.79 Å². The zero-order valence-corrected chi connectivity index (χ0v) is 9.91. The Balaban J connectivity index is 3.28. The van der Waals surface area contributed by atoms with Gasteiger partial charge in [-0.25, -0.2) is 4.79 Å². The summed E-state index contributed by atoms with van der Waals surface area (Å²) in [4.78, 5) is 11.7. The average molecular weight is 282 g/mol. The molecule has 0 aliphatic carbocycles. The quantitative estimate of drug-likeness (QED) is 0.632. The molecule has 0 aliphatic heterocycles. The van der Waals surface area contributed by atoms with Crippen molar-refractivity contribution >= 4 is 46.1 Å². The molecule has 0 fully saturated rings. The van der Waals surface area contributed by atoms with E-state index >= 15 is 0 Å². The minimum absolute atomic E-state index is 0.288. The van der Waals surface area contributed by atoms with E-state index in [0.29, 0.717) is 9.92 Å². The standard InChI is InChI=1S/C8H6BrClO2S/c1-12-8(11)7-5(10)2-4(9)3-6(7)13/h2-3,13H,1H3. The van der Waals surface area contributed by atoms with Gasteiger partial charge in [-0.05, 0) is 12.1 Å². The summed E-state index contributed by atoms with van der Waals surface area (Å²) in [7, 11) is 1.30. The van der Waals surface area contributed by atoms with Gasteiger partial charge in [-0.3, -0.25) is 0 Å². The number of esters is 1. The van der Waals surface area contributed by atoms with E-state index in [-0.39, 0.29) is 5.56 Å².